The Hall–Kier alpha value is -1.06. The van der Waals surface area contributed by atoms with Gasteiger partial charge in [0.2, 0.25) is 11.8 Å². The van der Waals surface area contributed by atoms with Gasteiger partial charge in [-0.1, -0.05) is 13.8 Å². The van der Waals surface area contributed by atoms with Crippen LogP contribution in [0.5, 0.6) is 0 Å². The molecular weight excluding hydrogens is 180 g/mol. The van der Waals surface area contributed by atoms with E-state index in [0.29, 0.717) is 13.1 Å². The second-order valence-electron chi connectivity index (χ2n) is 3.81. The molecule has 1 N–H and O–H groups in total. The van der Waals surface area contributed by atoms with Crippen LogP contribution in [0, 0.1) is 5.92 Å². The van der Waals surface area contributed by atoms with E-state index in [1.54, 1.807) is 11.8 Å². The lowest BCUT2D eigenvalue weighted by atomic mass is 10.1. The molecule has 0 aromatic heterocycles. The number of carbonyl (C=O) groups is 2. The number of amides is 2. The van der Waals surface area contributed by atoms with E-state index >= 15 is 0 Å². The zero-order valence-electron chi connectivity index (χ0n) is 9.04. The van der Waals surface area contributed by atoms with Crippen LogP contribution in [0.3, 0.4) is 0 Å². The summed E-state index contributed by atoms with van der Waals surface area (Å²) in [5, 5.41) is 2.74. The molecule has 4 nitrogen and oxygen atoms in total. The van der Waals surface area contributed by atoms with E-state index in [2.05, 4.69) is 5.32 Å². The number of piperazine rings is 1. The van der Waals surface area contributed by atoms with Crippen molar-refractivity contribution in [3.63, 3.8) is 0 Å². The third kappa shape index (κ3) is 2.05. The highest BCUT2D eigenvalue weighted by molar-refractivity contribution is 5.89. The van der Waals surface area contributed by atoms with Crippen molar-refractivity contribution in [2.75, 3.05) is 13.1 Å². The molecular formula is C10H18N2O2. The molecule has 0 aromatic carbocycles. The maximum Gasteiger partial charge on any atom is 0.242 e. The van der Waals surface area contributed by atoms with Crippen molar-refractivity contribution in [3.05, 3.63) is 0 Å². The minimum absolute atomic E-state index is 0.0170. The van der Waals surface area contributed by atoms with E-state index in [1.165, 1.54) is 0 Å². The molecule has 80 valence electrons. The first-order valence-electron chi connectivity index (χ1n) is 5.16. The number of rotatable bonds is 2. The lowest BCUT2D eigenvalue weighted by Crippen LogP contribution is -2.56. The summed E-state index contributed by atoms with van der Waals surface area (Å²) >= 11 is 0. The molecule has 2 atom stereocenters. The molecule has 0 aromatic rings. The second kappa shape index (κ2) is 4.44. The van der Waals surface area contributed by atoms with Crippen molar-refractivity contribution in [3.8, 4) is 0 Å². The number of hydrogen-bond acceptors (Lipinski definition) is 2. The van der Waals surface area contributed by atoms with Crippen molar-refractivity contribution in [2.24, 2.45) is 5.92 Å². The van der Waals surface area contributed by atoms with E-state index in [9.17, 15) is 9.59 Å². The summed E-state index contributed by atoms with van der Waals surface area (Å²) in [6, 6.07) is -0.315. The first-order valence-corrected chi connectivity index (χ1v) is 5.16. The lowest BCUT2D eigenvalue weighted by molar-refractivity contribution is -0.145. The van der Waals surface area contributed by atoms with Crippen molar-refractivity contribution in [1.82, 2.24) is 10.2 Å². The first-order chi connectivity index (χ1) is 6.57. The molecule has 0 aliphatic carbocycles. The van der Waals surface area contributed by atoms with Crippen LogP contribution in [-0.2, 0) is 9.59 Å². The van der Waals surface area contributed by atoms with E-state index in [4.69, 9.17) is 0 Å². The molecule has 14 heavy (non-hydrogen) atoms. The van der Waals surface area contributed by atoms with Crippen LogP contribution in [0.1, 0.15) is 27.2 Å². The highest BCUT2D eigenvalue weighted by Crippen LogP contribution is 2.11. The van der Waals surface area contributed by atoms with Gasteiger partial charge in [0.15, 0.2) is 0 Å². The molecule has 1 rings (SSSR count). The second-order valence-corrected chi connectivity index (χ2v) is 3.81. The van der Waals surface area contributed by atoms with Gasteiger partial charge in [0.05, 0.1) is 0 Å². The van der Waals surface area contributed by atoms with E-state index in [0.717, 1.165) is 6.42 Å². The molecule has 0 bridgehead atoms. The molecule has 2 unspecified atom stereocenters. The maximum absolute atomic E-state index is 11.8. The molecule has 1 fully saturated rings. The third-order valence-corrected chi connectivity index (χ3v) is 2.82. The van der Waals surface area contributed by atoms with Gasteiger partial charge in [0.25, 0.3) is 0 Å². The van der Waals surface area contributed by atoms with Gasteiger partial charge in [-0.05, 0) is 13.3 Å². The minimum atomic E-state index is -0.315. The summed E-state index contributed by atoms with van der Waals surface area (Å²) in [4.78, 5) is 24.8. The molecule has 0 saturated carbocycles. The molecule has 1 heterocycles. The van der Waals surface area contributed by atoms with Gasteiger partial charge in [0, 0.05) is 19.0 Å². The van der Waals surface area contributed by atoms with E-state index < -0.39 is 0 Å². The zero-order valence-corrected chi connectivity index (χ0v) is 9.04. The summed E-state index contributed by atoms with van der Waals surface area (Å²) in [6.07, 6.45) is 0.823. The van der Waals surface area contributed by atoms with Crippen LogP contribution in [0.4, 0.5) is 0 Å². The first kappa shape index (κ1) is 11.0. The summed E-state index contributed by atoms with van der Waals surface area (Å²) in [7, 11) is 0. The number of nitrogens with zero attached hydrogens (tertiary/aromatic N) is 1. The number of nitrogens with one attached hydrogen (secondary N) is 1. The topological polar surface area (TPSA) is 49.4 Å². The molecule has 0 spiro atoms. The quantitative estimate of drug-likeness (QED) is 0.697. The van der Waals surface area contributed by atoms with Gasteiger partial charge in [-0.25, -0.2) is 0 Å². The molecule has 1 aliphatic rings. The predicted molar refractivity (Wildman–Crippen MR) is 53.6 cm³/mol. The van der Waals surface area contributed by atoms with Gasteiger partial charge in [-0.15, -0.1) is 0 Å². The lowest BCUT2D eigenvalue weighted by Gasteiger charge is -2.34. The van der Waals surface area contributed by atoms with Gasteiger partial charge < -0.3 is 10.2 Å². The average molecular weight is 198 g/mol. The summed E-state index contributed by atoms with van der Waals surface area (Å²) in [6.45, 7) is 6.87. The van der Waals surface area contributed by atoms with Crippen LogP contribution in [0.25, 0.3) is 0 Å². The number of hydrogen-bond donors (Lipinski definition) is 1. The van der Waals surface area contributed by atoms with Crippen molar-refractivity contribution < 1.29 is 9.59 Å². The van der Waals surface area contributed by atoms with Crippen LogP contribution in [-0.4, -0.2) is 35.8 Å². The van der Waals surface area contributed by atoms with Crippen molar-refractivity contribution in [2.45, 2.75) is 33.2 Å². The Bertz CT molecular complexity index is 240. The smallest absolute Gasteiger partial charge is 0.242 e. The van der Waals surface area contributed by atoms with Crippen molar-refractivity contribution in [1.29, 1.82) is 0 Å². The maximum atomic E-state index is 11.8. The SMILES string of the molecule is CCC(C)C(=O)N1CCNC(=O)C1C. The molecule has 0 radical (unpaired) electrons. The Balaban J connectivity index is 2.66. The van der Waals surface area contributed by atoms with E-state index in [1.807, 2.05) is 13.8 Å². The molecule has 1 aliphatic heterocycles. The van der Waals surface area contributed by atoms with Crippen LogP contribution in [0.2, 0.25) is 0 Å². The average Bonchev–Trinajstić information content (AvgIpc) is 2.20. The molecule has 2 amide bonds. The fraction of sp³-hybridized carbons (Fsp3) is 0.800. The van der Waals surface area contributed by atoms with Gasteiger partial charge >= 0.3 is 0 Å². The normalized spacial score (nSPS) is 24.4. The third-order valence-electron chi connectivity index (χ3n) is 2.82. The fourth-order valence-corrected chi connectivity index (χ4v) is 1.54. The van der Waals surface area contributed by atoms with Gasteiger partial charge in [-0.3, -0.25) is 9.59 Å². The van der Waals surface area contributed by atoms with Crippen LogP contribution < -0.4 is 5.32 Å². The molecule has 1 saturated heterocycles. The summed E-state index contributed by atoms with van der Waals surface area (Å²) < 4.78 is 0. The van der Waals surface area contributed by atoms with Crippen molar-refractivity contribution >= 4 is 11.8 Å². The molecule has 4 heteroatoms. The van der Waals surface area contributed by atoms with E-state index in [-0.39, 0.29) is 23.8 Å². The summed E-state index contributed by atoms with van der Waals surface area (Å²) in [5.41, 5.74) is 0. The Kier molecular flexibility index (Phi) is 3.49. The standard InChI is InChI=1S/C10H18N2O2/c1-4-7(2)10(14)12-6-5-11-9(13)8(12)3/h7-8H,4-6H2,1-3H3,(H,11,13). The largest absolute Gasteiger partial charge is 0.353 e. The van der Waals surface area contributed by atoms with Crippen LogP contribution in [0.15, 0.2) is 0 Å². The Morgan fingerprint density at radius 3 is 2.93 bits per heavy atom. The summed E-state index contributed by atoms with van der Waals surface area (Å²) in [5.74, 6) is 0.0612. The van der Waals surface area contributed by atoms with Crippen LogP contribution >= 0.6 is 0 Å². The monoisotopic (exact) mass is 198 g/mol. The Labute approximate surface area is 84.7 Å². The predicted octanol–water partition coefficient (Wildman–Crippen LogP) is 0.379. The number of carbonyl (C=O) groups excluding carboxylic acids is 2. The van der Waals surface area contributed by atoms with Gasteiger partial charge in [-0.2, -0.15) is 0 Å². The highest BCUT2D eigenvalue weighted by atomic mass is 16.2. The highest BCUT2D eigenvalue weighted by Gasteiger charge is 2.30. The zero-order chi connectivity index (χ0) is 10.7. The van der Waals surface area contributed by atoms with Gasteiger partial charge in [0.1, 0.15) is 6.04 Å². The Morgan fingerprint density at radius 1 is 1.71 bits per heavy atom. The minimum Gasteiger partial charge on any atom is -0.353 e. The fourth-order valence-electron chi connectivity index (χ4n) is 1.54. The Morgan fingerprint density at radius 2 is 2.36 bits per heavy atom.